The number of nitrogen functional groups attached to an aromatic ring is 1. The van der Waals surface area contributed by atoms with Crippen LogP contribution in [0.1, 0.15) is 36.1 Å². The van der Waals surface area contributed by atoms with Crippen LogP contribution in [-0.2, 0) is 0 Å². The highest BCUT2D eigenvalue weighted by molar-refractivity contribution is 6.41. The summed E-state index contributed by atoms with van der Waals surface area (Å²) in [6.07, 6.45) is 2.84. The molecule has 0 bridgehead atoms. The van der Waals surface area contributed by atoms with Crippen LogP contribution >= 0.6 is 11.6 Å². The predicted molar refractivity (Wildman–Crippen MR) is 126 cm³/mol. The number of hydrogen-bond donors (Lipinski definition) is 1. The first-order valence-electron chi connectivity index (χ1n) is 10.3. The lowest BCUT2D eigenvalue weighted by Crippen LogP contribution is -2.36. The number of para-hydroxylation sites is 1. The number of nitrogens with zero attached hydrogens (tertiary/aromatic N) is 7. The van der Waals surface area contributed by atoms with Crippen LogP contribution in [0.2, 0.25) is 5.02 Å². The number of carbonyl (C=O) groups is 1. The number of aromatic nitrogens is 5. The topological polar surface area (TPSA) is 124 Å². The molecule has 0 radical (unpaired) electrons. The maximum atomic E-state index is 13.6. The van der Waals surface area contributed by atoms with Gasteiger partial charge in [0, 0.05) is 12.7 Å². The third-order valence-electron chi connectivity index (χ3n) is 5.57. The molecule has 0 aliphatic carbocycles. The molecule has 0 amide bonds. The van der Waals surface area contributed by atoms with Gasteiger partial charge in [-0.3, -0.25) is 14.2 Å². The zero-order valence-corrected chi connectivity index (χ0v) is 18.6. The third kappa shape index (κ3) is 3.26. The minimum absolute atomic E-state index is 0.00213. The van der Waals surface area contributed by atoms with Gasteiger partial charge in [0.25, 0.3) is 5.56 Å². The van der Waals surface area contributed by atoms with Crippen LogP contribution in [0.5, 0.6) is 0 Å². The summed E-state index contributed by atoms with van der Waals surface area (Å²) in [5.74, 6) is 0.711. The number of halogens is 1. The van der Waals surface area contributed by atoms with Gasteiger partial charge >= 0.3 is 0 Å². The summed E-state index contributed by atoms with van der Waals surface area (Å²) >= 11 is 6.29. The van der Waals surface area contributed by atoms with E-state index in [-0.39, 0.29) is 34.2 Å². The molecule has 1 aliphatic rings. The van der Waals surface area contributed by atoms with Crippen LogP contribution in [0.4, 0.5) is 17.6 Å². The average molecular weight is 463 g/mol. The Kier molecular flexibility index (Phi) is 4.94. The highest BCUT2D eigenvalue weighted by Crippen LogP contribution is 2.35. The number of ketones is 1. The van der Waals surface area contributed by atoms with Crippen molar-refractivity contribution < 1.29 is 4.79 Å². The second-order valence-electron chi connectivity index (χ2n) is 7.48. The van der Waals surface area contributed by atoms with E-state index < -0.39 is 6.04 Å². The summed E-state index contributed by atoms with van der Waals surface area (Å²) in [5, 5.41) is 5.04. The molecule has 4 aromatic rings. The zero-order chi connectivity index (χ0) is 23.3. The summed E-state index contributed by atoms with van der Waals surface area (Å²) in [6, 6.07) is 10.3. The van der Waals surface area contributed by atoms with Gasteiger partial charge in [0.2, 0.25) is 11.7 Å². The second-order valence-corrected chi connectivity index (χ2v) is 7.89. The molecule has 4 heterocycles. The molecule has 0 spiro atoms. The van der Waals surface area contributed by atoms with E-state index >= 15 is 0 Å². The van der Waals surface area contributed by atoms with E-state index in [4.69, 9.17) is 22.4 Å². The fourth-order valence-electron chi connectivity index (χ4n) is 4.05. The lowest BCUT2D eigenvalue weighted by Gasteiger charge is -2.31. The number of anilines is 2. The van der Waals surface area contributed by atoms with Crippen molar-refractivity contribution in [1.29, 1.82) is 0 Å². The van der Waals surface area contributed by atoms with Crippen molar-refractivity contribution in [2.24, 2.45) is 4.99 Å². The van der Waals surface area contributed by atoms with Crippen LogP contribution in [0.25, 0.3) is 11.2 Å². The number of hydrogen-bond acceptors (Lipinski definition) is 8. The van der Waals surface area contributed by atoms with Crippen molar-refractivity contribution in [1.82, 2.24) is 24.1 Å². The molecular weight excluding hydrogens is 444 g/mol. The second kappa shape index (κ2) is 7.82. The molecule has 33 heavy (non-hydrogen) atoms. The smallest absolute Gasteiger partial charge is 0.284 e. The Morgan fingerprint density at radius 2 is 1.91 bits per heavy atom. The normalized spacial score (nSPS) is 13.5. The number of fused-ring (bicyclic) bond motifs is 2. The monoisotopic (exact) mass is 462 g/mol. The largest absolute Gasteiger partial charge is 0.368 e. The van der Waals surface area contributed by atoms with Crippen LogP contribution in [0, 0.1) is 0 Å². The fraction of sp³-hybridized carbons (Fsp3) is 0.182. The average Bonchev–Trinajstić information content (AvgIpc) is 3.37. The van der Waals surface area contributed by atoms with Gasteiger partial charge < -0.3 is 10.6 Å². The molecule has 5 rings (SSSR count). The SMILES string of the molecule is CCN(c1nc(N)nc2c1C(=O)C=N2)C(C)c1nn2ccc(Cl)c2c(=O)n1-c1ccccc1. The minimum Gasteiger partial charge on any atom is -0.368 e. The predicted octanol–water partition coefficient (Wildman–Crippen LogP) is 3.00. The quantitative estimate of drug-likeness (QED) is 0.483. The number of carbonyl (C=O) groups excluding carboxylic acids is 1. The van der Waals surface area contributed by atoms with Gasteiger partial charge in [0.05, 0.1) is 23.0 Å². The maximum Gasteiger partial charge on any atom is 0.284 e. The highest BCUT2D eigenvalue weighted by atomic mass is 35.5. The molecular formula is C22H19ClN8O2. The van der Waals surface area contributed by atoms with Gasteiger partial charge in [0.15, 0.2) is 11.6 Å². The van der Waals surface area contributed by atoms with Gasteiger partial charge in [-0.25, -0.2) is 9.51 Å². The van der Waals surface area contributed by atoms with Crippen LogP contribution in [-0.4, -0.2) is 42.7 Å². The molecule has 11 heteroatoms. The molecule has 2 N–H and O–H groups in total. The summed E-state index contributed by atoms with van der Waals surface area (Å²) in [4.78, 5) is 40.4. The highest BCUT2D eigenvalue weighted by Gasteiger charge is 2.31. The van der Waals surface area contributed by atoms with E-state index in [9.17, 15) is 9.59 Å². The van der Waals surface area contributed by atoms with E-state index in [1.807, 2.05) is 49.1 Å². The van der Waals surface area contributed by atoms with Gasteiger partial charge in [-0.15, -0.1) is 0 Å². The summed E-state index contributed by atoms with van der Waals surface area (Å²) < 4.78 is 2.99. The summed E-state index contributed by atoms with van der Waals surface area (Å²) in [7, 11) is 0. The molecule has 1 atom stereocenters. The van der Waals surface area contributed by atoms with Gasteiger partial charge in [0.1, 0.15) is 16.9 Å². The Balaban J connectivity index is 1.75. The first kappa shape index (κ1) is 20.8. The first-order valence-corrected chi connectivity index (χ1v) is 10.7. The molecule has 1 unspecified atom stereocenters. The van der Waals surface area contributed by atoms with Gasteiger partial charge in [-0.1, -0.05) is 29.8 Å². The lowest BCUT2D eigenvalue weighted by molar-refractivity contribution is 0.107. The number of benzene rings is 1. The van der Waals surface area contributed by atoms with Crippen LogP contribution in [0.15, 0.2) is 52.4 Å². The van der Waals surface area contributed by atoms with E-state index in [1.165, 1.54) is 15.3 Å². The summed E-state index contributed by atoms with van der Waals surface area (Å²) in [6.45, 7) is 4.25. The molecule has 0 saturated heterocycles. The van der Waals surface area contributed by atoms with Gasteiger partial charge in [-0.2, -0.15) is 15.1 Å². The maximum absolute atomic E-state index is 13.6. The molecule has 0 saturated carbocycles. The Morgan fingerprint density at radius 1 is 1.15 bits per heavy atom. The Labute approximate surface area is 193 Å². The van der Waals surface area contributed by atoms with Gasteiger partial charge in [-0.05, 0) is 32.0 Å². The number of aliphatic imine (C=N–C) groups is 1. The van der Waals surface area contributed by atoms with Crippen molar-refractivity contribution in [3.63, 3.8) is 0 Å². The Hall–Kier alpha value is -4.05. The van der Waals surface area contributed by atoms with E-state index in [0.717, 1.165) is 0 Å². The van der Waals surface area contributed by atoms with Crippen molar-refractivity contribution in [3.8, 4) is 5.69 Å². The molecule has 3 aromatic heterocycles. The standard InChI is InChI=1S/C22H19ClN8O2/c1-3-29(20-16-15(32)11-25-18(16)26-22(24)27-20)12(2)19-28-30-10-9-14(23)17(30)21(33)31(19)13-7-5-4-6-8-13/h4-12H,3H2,1-2H3,(H2,24,26,27). The third-order valence-corrected chi connectivity index (χ3v) is 5.87. The summed E-state index contributed by atoms with van der Waals surface area (Å²) in [5.41, 5.74) is 6.78. The van der Waals surface area contributed by atoms with Crippen LogP contribution < -0.4 is 16.2 Å². The van der Waals surface area contributed by atoms with E-state index in [1.54, 1.807) is 12.3 Å². The van der Waals surface area contributed by atoms with E-state index in [0.29, 0.717) is 28.9 Å². The molecule has 1 aromatic carbocycles. The molecule has 1 aliphatic heterocycles. The van der Waals surface area contributed by atoms with Crippen molar-refractivity contribution >= 4 is 46.7 Å². The number of Topliss-reactive ketones (excluding diaryl/α,β-unsaturated/α-hetero) is 1. The lowest BCUT2D eigenvalue weighted by atomic mass is 10.1. The number of rotatable bonds is 5. The zero-order valence-electron chi connectivity index (χ0n) is 17.8. The van der Waals surface area contributed by atoms with Crippen molar-refractivity contribution in [3.05, 3.63) is 69.4 Å². The molecule has 0 fully saturated rings. The minimum atomic E-state index is -0.486. The van der Waals surface area contributed by atoms with Crippen LogP contribution in [0.3, 0.4) is 0 Å². The van der Waals surface area contributed by atoms with Crippen molar-refractivity contribution in [2.75, 3.05) is 17.2 Å². The fourth-order valence-corrected chi connectivity index (χ4v) is 4.27. The molecule has 166 valence electrons. The number of nitrogens with two attached hydrogens (primary N) is 1. The Bertz CT molecular complexity index is 1490. The first-order chi connectivity index (χ1) is 15.9. The van der Waals surface area contributed by atoms with Crippen molar-refractivity contribution in [2.45, 2.75) is 19.9 Å². The van der Waals surface area contributed by atoms with E-state index in [2.05, 4.69) is 15.0 Å². The Morgan fingerprint density at radius 3 is 2.64 bits per heavy atom. The molecule has 10 nitrogen and oxygen atoms in total.